The molecule has 0 atom stereocenters. The van der Waals surface area contributed by atoms with Gasteiger partial charge in [-0.25, -0.2) is 0 Å². The van der Waals surface area contributed by atoms with E-state index < -0.39 is 0 Å². The molecule has 0 spiro atoms. The molecule has 0 radical (unpaired) electrons. The molecule has 0 aromatic heterocycles. The summed E-state index contributed by atoms with van der Waals surface area (Å²) in [5.41, 5.74) is 5.37. The molecule has 0 aromatic rings. The molecule has 1 rings (SSSR count). The fourth-order valence-corrected chi connectivity index (χ4v) is 1.62. The molecule has 1 aliphatic rings. The standard InChI is InChI=1S/C11H14/c1-5-10-8(3)7-9(4)11(10)6-2/h5-6H,1-2,7H2,3-4H3. The predicted octanol–water partition coefficient (Wildman–Crippen LogP) is 3.40. The van der Waals surface area contributed by atoms with Crippen LogP contribution in [-0.4, -0.2) is 0 Å². The van der Waals surface area contributed by atoms with Gasteiger partial charge in [-0.2, -0.15) is 0 Å². The van der Waals surface area contributed by atoms with Crippen LogP contribution in [0.15, 0.2) is 47.6 Å². The molecule has 0 saturated heterocycles. The Morgan fingerprint density at radius 3 is 1.64 bits per heavy atom. The van der Waals surface area contributed by atoms with Gasteiger partial charge in [0.1, 0.15) is 0 Å². The van der Waals surface area contributed by atoms with E-state index in [2.05, 4.69) is 27.0 Å². The van der Waals surface area contributed by atoms with E-state index in [0.717, 1.165) is 6.42 Å². The zero-order valence-corrected chi connectivity index (χ0v) is 7.28. The van der Waals surface area contributed by atoms with Crippen LogP contribution < -0.4 is 0 Å². The average molecular weight is 146 g/mol. The van der Waals surface area contributed by atoms with Gasteiger partial charge in [0, 0.05) is 0 Å². The Hall–Kier alpha value is -1.04. The highest BCUT2D eigenvalue weighted by molar-refractivity contribution is 5.55. The van der Waals surface area contributed by atoms with E-state index in [0.29, 0.717) is 0 Å². The summed E-state index contributed by atoms with van der Waals surface area (Å²) in [6.07, 6.45) is 4.92. The Morgan fingerprint density at radius 2 is 1.36 bits per heavy atom. The van der Waals surface area contributed by atoms with Gasteiger partial charge >= 0.3 is 0 Å². The molecule has 0 fully saturated rings. The maximum atomic E-state index is 3.79. The predicted molar refractivity (Wildman–Crippen MR) is 50.4 cm³/mol. The Bertz CT molecular complexity index is 234. The van der Waals surface area contributed by atoms with Gasteiger partial charge in [-0.3, -0.25) is 0 Å². The molecular weight excluding hydrogens is 132 g/mol. The lowest BCUT2D eigenvalue weighted by molar-refractivity contribution is 1.14. The first-order chi connectivity index (χ1) is 5.20. The van der Waals surface area contributed by atoms with E-state index in [1.807, 2.05) is 12.2 Å². The van der Waals surface area contributed by atoms with Crippen LogP contribution in [0.2, 0.25) is 0 Å². The maximum absolute atomic E-state index is 3.79. The van der Waals surface area contributed by atoms with Gasteiger partial charge in [0.15, 0.2) is 0 Å². The summed E-state index contributed by atoms with van der Waals surface area (Å²) < 4.78 is 0. The van der Waals surface area contributed by atoms with Gasteiger partial charge < -0.3 is 0 Å². The monoisotopic (exact) mass is 146 g/mol. The molecule has 58 valence electrons. The van der Waals surface area contributed by atoms with Gasteiger partial charge in [-0.05, 0) is 31.4 Å². The molecule has 0 amide bonds. The van der Waals surface area contributed by atoms with Crippen LogP contribution in [0, 0.1) is 0 Å². The van der Waals surface area contributed by atoms with Crippen LogP contribution in [0.5, 0.6) is 0 Å². The normalized spacial score (nSPS) is 17.6. The third-order valence-electron chi connectivity index (χ3n) is 2.15. The summed E-state index contributed by atoms with van der Waals surface area (Å²) in [5.74, 6) is 0. The molecule has 0 heteroatoms. The first-order valence-corrected chi connectivity index (χ1v) is 3.85. The van der Waals surface area contributed by atoms with Crippen molar-refractivity contribution in [3.63, 3.8) is 0 Å². The van der Waals surface area contributed by atoms with Gasteiger partial charge in [-0.15, -0.1) is 0 Å². The van der Waals surface area contributed by atoms with Crippen LogP contribution in [0.3, 0.4) is 0 Å². The number of hydrogen-bond donors (Lipinski definition) is 0. The van der Waals surface area contributed by atoms with Gasteiger partial charge in [0.05, 0.1) is 0 Å². The molecule has 0 aromatic carbocycles. The summed E-state index contributed by atoms with van der Waals surface area (Å²) in [6.45, 7) is 11.9. The Labute approximate surface area is 68.6 Å². The zero-order valence-electron chi connectivity index (χ0n) is 7.28. The maximum Gasteiger partial charge on any atom is -0.00956 e. The average Bonchev–Trinajstić information content (AvgIpc) is 2.24. The lowest BCUT2D eigenvalue weighted by atomic mass is 10.1. The molecule has 11 heavy (non-hydrogen) atoms. The molecule has 0 heterocycles. The van der Waals surface area contributed by atoms with E-state index in [1.54, 1.807) is 0 Å². The topological polar surface area (TPSA) is 0 Å². The van der Waals surface area contributed by atoms with Crippen molar-refractivity contribution in [3.05, 3.63) is 47.6 Å². The van der Waals surface area contributed by atoms with Gasteiger partial charge in [0.25, 0.3) is 0 Å². The molecule has 0 bridgehead atoms. The lowest BCUT2D eigenvalue weighted by Gasteiger charge is -1.98. The van der Waals surface area contributed by atoms with Crippen molar-refractivity contribution in [3.8, 4) is 0 Å². The fraction of sp³-hybridized carbons (Fsp3) is 0.273. The molecule has 0 N–H and O–H groups in total. The van der Waals surface area contributed by atoms with Crippen molar-refractivity contribution in [1.29, 1.82) is 0 Å². The minimum absolute atomic E-state index is 1.09. The highest BCUT2D eigenvalue weighted by atomic mass is 14.2. The van der Waals surface area contributed by atoms with E-state index in [-0.39, 0.29) is 0 Å². The second-order valence-electron chi connectivity index (χ2n) is 2.97. The minimum Gasteiger partial charge on any atom is -0.0984 e. The lowest BCUT2D eigenvalue weighted by Crippen LogP contribution is -1.79. The quantitative estimate of drug-likeness (QED) is 0.560. The first kappa shape index (κ1) is 8.06. The second-order valence-corrected chi connectivity index (χ2v) is 2.97. The number of rotatable bonds is 2. The van der Waals surface area contributed by atoms with Crippen molar-refractivity contribution < 1.29 is 0 Å². The highest BCUT2D eigenvalue weighted by Crippen LogP contribution is 2.32. The minimum atomic E-state index is 1.09. The molecule has 0 aliphatic heterocycles. The number of hydrogen-bond acceptors (Lipinski definition) is 0. The SMILES string of the molecule is C=CC1=C(C)CC(C)=C1C=C. The van der Waals surface area contributed by atoms with Crippen molar-refractivity contribution in [1.82, 2.24) is 0 Å². The zero-order chi connectivity index (χ0) is 8.43. The molecular formula is C11H14. The molecule has 0 nitrogen and oxygen atoms in total. The third kappa shape index (κ3) is 1.21. The van der Waals surface area contributed by atoms with Crippen molar-refractivity contribution in [2.45, 2.75) is 20.3 Å². The van der Waals surface area contributed by atoms with E-state index >= 15 is 0 Å². The van der Waals surface area contributed by atoms with Crippen LogP contribution in [0.4, 0.5) is 0 Å². The van der Waals surface area contributed by atoms with Gasteiger partial charge in [-0.1, -0.05) is 36.5 Å². The highest BCUT2D eigenvalue weighted by Gasteiger charge is 2.13. The van der Waals surface area contributed by atoms with E-state index in [4.69, 9.17) is 0 Å². The van der Waals surface area contributed by atoms with Crippen LogP contribution in [0.1, 0.15) is 20.3 Å². The summed E-state index contributed by atoms with van der Waals surface area (Å²) in [5, 5.41) is 0. The summed E-state index contributed by atoms with van der Waals surface area (Å²) >= 11 is 0. The van der Waals surface area contributed by atoms with Crippen LogP contribution in [0.25, 0.3) is 0 Å². The fourth-order valence-electron chi connectivity index (χ4n) is 1.62. The summed E-state index contributed by atoms with van der Waals surface area (Å²) in [7, 11) is 0. The van der Waals surface area contributed by atoms with Crippen LogP contribution >= 0.6 is 0 Å². The first-order valence-electron chi connectivity index (χ1n) is 3.85. The largest absolute Gasteiger partial charge is 0.0984 e. The van der Waals surface area contributed by atoms with Crippen LogP contribution in [-0.2, 0) is 0 Å². The second kappa shape index (κ2) is 2.91. The molecule has 0 unspecified atom stereocenters. The number of allylic oxidation sites excluding steroid dienone is 6. The smallest absolute Gasteiger partial charge is 0.00956 e. The summed E-state index contributed by atoms with van der Waals surface area (Å²) in [4.78, 5) is 0. The van der Waals surface area contributed by atoms with Crippen molar-refractivity contribution >= 4 is 0 Å². The van der Waals surface area contributed by atoms with E-state index in [9.17, 15) is 0 Å². The van der Waals surface area contributed by atoms with Crippen molar-refractivity contribution in [2.75, 3.05) is 0 Å². The van der Waals surface area contributed by atoms with E-state index in [1.165, 1.54) is 22.3 Å². The Morgan fingerprint density at radius 1 is 1.00 bits per heavy atom. The Kier molecular flexibility index (Phi) is 2.13. The molecule has 1 aliphatic carbocycles. The third-order valence-corrected chi connectivity index (χ3v) is 2.15. The van der Waals surface area contributed by atoms with Gasteiger partial charge in [0.2, 0.25) is 0 Å². The van der Waals surface area contributed by atoms with Crippen molar-refractivity contribution in [2.24, 2.45) is 0 Å². The summed E-state index contributed by atoms with van der Waals surface area (Å²) in [6, 6.07) is 0. The Balaban J connectivity index is 3.13. The molecule has 0 saturated carbocycles.